The molecule has 6 heteroatoms. The number of rotatable bonds is 2. The van der Waals surface area contributed by atoms with E-state index in [1.54, 1.807) is 17.5 Å². The molecule has 1 heterocycles. The highest BCUT2D eigenvalue weighted by atomic mass is 79.9. The topological polar surface area (TPSA) is 50.2 Å². The lowest BCUT2D eigenvalue weighted by atomic mass is 10.1. The van der Waals surface area contributed by atoms with Gasteiger partial charge in [0.25, 0.3) is 0 Å². The number of carbonyl (C=O) groups is 1. The predicted molar refractivity (Wildman–Crippen MR) is 66.4 cm³/mol. The van der Waals surface area contributed by atoms with E-state index in [1.165, 1.54) is 17.4 Å². The van der Waals surface area contributed by atoms with Crippen LogP contribution in [0.1, 0.15) is 16.1 Å². The number of hydrogen-bond donors (Lipinski definition) is 1. The second kappa shape index (κ2) is 4.53. The Bertz CT molecular complexity index is 535. The number of aromatic hydroxyl groups is 1. The van der Waals surface area contributed by atoms with Crippen molar-refractivity contribution in [3.8, 4) is 5.75 Å². The first-order valence-electron chi connectivity index (χ1n) is 4.23. The van der Waals surface area contributed by atoms with Gasteiger partial charge in [0, 0.05) is 5.38 Å². The van der Waals surface area contributed by atoms with E-state index < -0.39 is 0 Å². The molecule has 0 aliphatic rings. The summed E-state index contributed by atoms with van der Waals surface area (Å²) >= 11 is 10.3. The summed E-state index contributed by atoms with van der Waals surface area (Å²) in [6.45, 7) is 0. The quantitative estimate of drug-likeness (QED) is 0.862. The molecule has 1 aromatic carbocycles. The molecule has 82 valence electrons. The number of ketones is 1. The van der Waals surface area contributed by atoms with Crippen LogP contribution in [0, 0.1) is 0 Å². The van der Waals surface area contributed by atoms with Crippen LogP contribution >= 0.6 is 38.9 Å². The molecule has 0 spiro atoms. The van der Waals surface area contributed by atoms with Gasteiger partial charge in [0.1, 0.15) is 11.4 Å². The molecule has 0 radical (unpaired) electrons. The average Bonchev–Trinajstić information content (AvgIpc) is 2.64. The zero-order valence-corrected chi connectivity index (χ0v) is 10.9. The molecule has 0 amide bonds. The van der Waals surface area contributed by atoms with Crippen LogP contribution in [0.3, 0.4) is 0 Å². The van der Waals surface area contributed by atoms with Crippen molar-refractivity contribution in [1.82, 2.24) is 4.98 Å². The van der Waals surface area contributed by atoms with Gasteiger partial charge in [-0.3, -0.25) is 4.79 Å². The van der Waals surface area contributed by atoms with Crippen LogP contribution in [0.2, 0.25) is 5.02 Å². The van der Waals surface area contributed by atoms with Crippen molar-refractivity contribution in [3.63, 3.8) is 0 Å². The summed E-state index contributed by atoms with van der Waals surface area (Å²) in [5.74, 6) is -0.522. The SMILES string of the molecule is O=C(c1csc(Br)n1)c1c(O)cccc1Cl. The van der Waals surface area contributed by atoms with Gasteiger partial charge in [-0.25, -0.2) is 4.98 Å². The van der Waals surface area contributed by atoms with Gasteiger partial charge in [0.05, 0.1) is 10.6 Å². The molecular weight excluding hydrogens is 314 g/mol. The Balaban J connectivity index is 2.49. The smallest absolute Gasteiger partial charge is 0.217 e. The normalized spacial score (nSPS) is 10.4. The molecular formula is C10H5BrClNO2S. The molecule has 0 bridgehead atoms. The highest BCUT2D eigenvalue weighted by molar-refractivity contribution is 9.11. The van der Waals surface area contributed by atoms with Gasteiger partial charge in [-0.15, -0.1) is 11.3 Å². The molecule has 2 aromatic rings. The number of phenolic OH excluding ortho intramolecular Hbond substituents is 1. The van der Waals surface area contributed by atoms with Crippen molar-refractivity contribution < 1.29 is 9.90 Å². The highest BCUT2D eigenvalue weighted by Crippen LogP contribution is 2.28. The lowest BCUT2D eigenvalue weighted by Crippen LogP contribution is -2.02. The van der Waals surface area contributed by atoms with Crippen LogP contribution in [0.4, 0.5) is 0 Å². The Morgan fingerprint density at radius 2 is 2.25 bits per heavy atom. The highest BCUT2D eigenvalue weighted by Gasteiger charge is 2.19. The third kappa shape index (κ3) is 2.11. The predicted octanol–water partition coefficient (Wildman–Crippen LogP) is 3.50. The summed E-state index contributed by atoms with van der Waals surface area (Å²) in [6.07, 6.45) is 0. The minimum absolute atomic E-state index is 0.0852. The van der Waals surface area contributed by atoms with Gasteiger partial charge in [-0.05, 0) is 28.1 Å². The number of hydrogen-bond acceptors (Lipinski definition) is 4. The van der Waals surface area contributed by atoms with E-state index in [2.05, 4.69) is 20.9 Å². The number of thiazole rings is 1. The fourth-order valence-corrected chi connectivity index (χ4v) is 2.47. The number of benzene rings is 1. The largest absolute Gasteiger partial charge is 0.507 e. The van der Waals surface area contributed by atoms with Crippen LogP contribution in [0.25, 0.3) is 0 Å². The number of carbonyl (C=O) groups excluding carboxylic acids is 1. The molecule has 0 aliphatic carbocycles. The minimum Gasteiger partial charge on any atom is -0.507 e. The molecule has 0 unspecified atom stereocenters. The molecule has 0 aliphatic heterocycles. The Morgan fingerprint density at radius 3 is 2.81 bits per heavy atom. The van der Waals surface area contributed by atoms with Crippen molar-refractivity contribution in [2.24, 2.45) is 0 Å². The first-order valence-corrected chi connectivity index (χ1v) is 6.28. The van der Waals surface area contributed by atoms with Crippen LogP contribution < -0.4 is 0 Å². The van der Waals surface area contributed by atoms with Gasteiger partial charge in [0.2, 0.25) is 5.78 Å². The maximum atomic E-state index is 12.0. The number of halogens is 2. The van der Waals surface area contributed by atoms with Gasteiger partial charge in [0.15, 0.2) is 3.92 Å². The summed E-state index contributed by atoms with van der Waals surface area (Å²) in [5, 5.41) is 11.4. The first kappa shape index (κ1) is 11.6. The Kier molecular flexibility index (Phi) is 3.28. The van der Waals surface area contributed by atoms with Crippen molar-refractivity contribution >= 4 is 44.7 Å². The van der Waals surface area contributed by atoms with E-state index in [4.69, 9.17) is 11.6 Å². The second-order valence-corrected chi connectivity index (χ2v) is 5.49. The van der Waals surface area contributed by atoms with Gasteiger partial charge < -0.3 is 5.11 Å². The summed E-state index contributed by atoms with van der Waals surface area (Å²) in [4.78, 5) is 16.0. The maximum Gasteiger partial charge on any atom is 0.217 e. The Morgan fingerprint density at radius 1 is 1.50 bits per heavy atom. The summed E-state index contributed by atoms with van der Waals surface area (Å²) in [6, 6.07) is 4.54. The van der Waals surface area contributed by atoms with E-state index in [0.29, 0.717) is 3.92 Å². The number of aromatic nitrogens is 1. The van der Waals surface area contributed by atoms with E-state index in [9.17, 15) is 9.90 Å². The zero-order chi connectivity index (χ0) is 11.7. The van der Waals surface area contributed by atoms with E-state index >= 15 is 0 Å². The molecule has 3 nitrogen and oxygen atoms in total. The third-order valence-electron chi connectivity index (χ3n) is 1.93. The number of phenols is 1. The van der Waals surface area contributed by atoms with E-state index in [-0.39, 0.29) is 27.8 Å². The molecule has 0 fully saturated rings. The van der Waals surface area contributed by atoms with Crippen LogP contribution in [0.15, 0.2) is 27.5 Å². The molecule has 16 heavy (non-hydrogen) atoms. The molecule has 1 N–H and O–H groups in total. The van der Waals surface area contributed by atoms with Crippen molar-refractivity contribution in [2.45, 2.75) is 0 Å². The van der Waals surface area contributed by atoms with E-state index in [1.807, 2.05) is 0 Å². The molecule has 1 aromatic heterocycles. The van der Waals surface area contributed by atoms with E-state index in [0.717, 1.165) is 0 Å². The minimum atomic E-state index is -0.384. The Labute approximate surface area is 109 Å². The zero-order valence-electron chi connectivity index (χ0n) is 7.78. The van der Waals surface area contributed by atoms with Crippen LogP contribution in [-0.4, -0.2) is 15.9 Å². The molecule has 0 saturated carbocycles. The van der Waals surface area contributed by atoms with Gasteiger partial charge >= 0.3 is 0 Å². The molecule has 2 rings (SSSR count). The van der Waals surface area contributed by atoms with Crippen molar-refractivity contribution in [1.29, 1.82) is 0 Å². The van der Waals surface area contributed by atoms with Crippen molar-refractivity contribution in [3.05, 3.63) is 43.8 Å². The maximum absolute atomic E-state index is 12.0. The third-order valence-corrected chi connectivity index (χ3v) is 3.61. The fourth-order valence-electron chi connectivity index (χ4n) is 1.22. The standard InChI is InChI=1S/C10H5BrClNO2S/c11-10-13-6(4-16-10)9(15)8-5(12)2-1-3-7(8)14/h1-4,14H. The Hall–Kier alpha value is -0.910. The summed E-state index contributed by atoms with van der Waals surface area (Å²) < 4.78 is 0.613. The monoisotopic (exact) mass is 317 g/mol. The fraction of sp³-hybridized carbons (Fsp3) is 0. The summed E-state index contributed by atoms with van der Waals surface area (Å²) in [5.41, 5.74) is 0.349. The second-order valence-electron chi connectivity index (χ2n) is 2.95. The molecule has 0 saturated heterocycles. The van der Waals surface area contributed by atoms with Crippen LogP contribution in [0.5, 0.6) is 5.75 Å². The first-order chi connectivity index (χ1) is 7.59. The lowest BCUT2D eigenvalue weighted by molar-refractivity contribution is 0.103. The van der Waals surface area contributed by atoms with Crippen LogP contribution in [-0.2, 0) is 0 Å². The molecule has 0 atom stereocenters. The average molecular weight is 319 g/mol. The van der Waals surface area contributed by atoms with Gasteiger partial charge in [-0.1, -0.05) is 17.7 Å². The lowest BCUT2D eigenvalue weighted by Gasteiger charge is -2.03. The van der Waals surface area contributed by atoms with Crippen molar-refractivity contribution in [2.75, 3.05) is 0 Å². The number of nitrogens with zero attached hydrogens (tertiary/aromatic N) is 1. The van der Waals surface area contributed by atoms with Gasteiger partial charge in [-0.2, -0.15) is 0 Å². The summed E-state index contributed by atoms with van der Waals surface area (Å²) in [7, 11) is 0.